The number of hydrogen-bond donors (Lipinski definition) is 0. The monoisotopic (exact) mass is 288 g/mol. The van der Waals surface area contributed by atoms with Crippen molar-refractivity contribution >= 4 is 29.3 Å². The number of pyridine rings is 1. The molecule has 0 bridgehead atoms. The van der Waals surface area contributed by atoms with Crippen LogP contribution in [0.1, 0.15) is 28.4 Å². The van der Waals surface area contributed by atoms with Crippen LogP contribution >= 0.6 is 0 Å². The minimum Gasteiger partial charge on any atom is -0.298 e. The van der Waals surface area contributed by atoms with Gasteiger partial charge in [-0.25, -0.2) is 0 Å². The van der Waals surface area contributed by atoms with Crippen molar-refractivity contribution in [1.82, 2.24) is 0 Å². The molecular weight excluding hydrogens is 270 g/mol. The molecule has 1 aromatic heterocycles. The van der Waals surface area contributed by atoms with E-state index in [9.17, 15) is 4.79 Å². The Morgan fingerprint density at radius 1 is 0.909 bits per heavy atom. The Morgan fingerprint density at radius 2 is 1.64 bits per heavy atom. The van der Waals surface area contributed by atoms with Gasteiger partial charge in [0.1, 0.15) is 12.8 Å². The SMILES string of the molecule is CC[n+]1ccc(/C=C/c2ccc(C=O)cc2)c2ccccc21. The van der Waals surface area contributed by atoms with E-state index in [2.05, 4.69) is 60.2 Å². The number of carbonyl (C=O) groups excluding carboxylic acids is 1. The Bertz CT molecular complexity index is 832. The highest BCUT2D eigenvalue weighted by Crippen LogP contribution is 2.18. The molecule has 1 heterocycles. The molecule has 0 spiro atoms. The summed E-state index contributed by atoms with van der Waals surface area (Å²) in [7, 11) is 0. The van der Waals surface area contributed by atoms with Gasteiger partial charge in [0.15, 0.2) is 6.20 Å². The van der Waals surface area contributed by atoms with Gasteiger partial charge in [-0.15, -0.1) is 0 Å². The van der Waals surface area contributed by atoms with Gasteiger partial charge in [-0.3, -0.25) is 4.79 Å². The highest BCUT2D eigenvalue weighted by molar-refractivity contribution is 5.88. The predicted octanol–water partition coefficient (Wildman–Crippen LogP) is 4.13. The number of hydrogen-bond acceptors (Lipinski definition) is 1. The van der Waals surface area contributed by atoms with E-state index in [1.54, 1.807) is 0 Å². The average molecular weight is 288 g/mol. The van der Waals surface area contributed by atoms with Crippen molar-refractivity contribution in [2.24, 2.45) is 0 Å². The fraction of sp³-hybridized carbons (Fsp3) is 0.100. The number of benzene rings is 2. The molecular formula is C20H18NO+. The lowest BCUT2D eigenvalue weighted by Crippen LogP contribution is -2.32. The van der Waals surface area contributed by atoms with Gasteiger partial charge >= 0.3 is 0 Å². The normalized spacial score (nSPS) is 11.1. The van der Waals surface area contributed by atoms with Crippen molar-refractivity contribution in [3.63, 3.8) is 0 Å². The third kappa shape index (κ3) is 2.82. The predicted molar refractivity (Wildman–Crippen MR) is 90.6 cm³/mol. The van der Waals surface area contributed by atoms with Crippen LogP contribution < -0.4 is 4.57 Å². The number of para-hydroxylation sites is 1. The molecule has 0 radical (unpaired) electrons. The Morgan fingerprint density at radius 3 is 2.36 bits per heavy atom. The number of carbonyl (C=O) groups is 1. The summed E-state index contributed by atoms with van der Waals surface area (Å²) in [4.78, 5) is 10.7. The van der Waals surface area contributed by atoms with Gasteiger partial charge in [0.25, 0.3) is 0 Å². The fourth-order valence-corrected chi connectivity index (χ4v) is 2.60. The number of aryl methyl sites for hydroxylation is 1. The highest BCUT2D eigenvalue weighted by atomic mass is 16.1. The van der Waals surface area contributed by atoms with Crippen molar-refractivity contribution in [3.8, 4) is 0 Å². The number of nitrogens with zero attached hydrogens (tertiary/aromatic N) is 1. The van der Waals surface area contributed by atoms with Gasteiger partial charge in [0.05, 0.1) is 5.39 Å². The van der Waals surface area contributed by atoms with Gasteiger partial charge in [-0.2, -0.15) is 4.57 Å². The molecule has 0 fully saturated rings. The minimum atomic E-state index is 0.700. The molecule has 22 heavy (non-hydrogen) atoms. The first-order chi connectivity index (χ1) is 10.8. The summed E-state index contributed by atoms with van der Waals surface area (Å²) in [5.41, 5.74) is 4.22. The van der Waals surface area contributed by atoms with Crippen molar-refractivity contribution < 1.29 is 9.36 Å². The summed E-state index contributed by atoms with van der Waals surface area (Å²) in [5, 5.41) is 1.24. The fourth-order valence-electron chi connectivity index (χ4n) is 2.60. The van der Waals surface area contributed by atoms with E-state index in [1.807, 2.05) is 24.3 Å². The standard InChI is InChI=1S/C20H18NO/c1-2-21-14-13-18(19-5-3-4-6-20(19)21)12-11-16-7-9-17(15-22)10-8-16/h3-15H,2H2,1H3/q+1/b12-11+. The maximum atomic E-state index is 10.7. The van der Waals surface area contributed by atoms with Crippen LogP contribution in [0.15, 0.2) is 60.8 Å². The third-order valence-electron chi connectivity index (χ3n) is 3.83. The van der Waals surface area contributed by atoms with Crippen molar-refractivity contribution in [1.29, 1.82) is 0 Å². The van der Waals surface area contributed by atoms with E-state index < -0.39 is 0 Å². The summed E-state index contributed by atoms with van der Waals surface area (Å²) >= 11 is 0. The molecule has 0 aliphatic heterocycles. The van der Waals surface area contributed by atoms with Crippen LogP contribution in [0, 0.1) is 0 Å². The van der Waals surface area contributed by atoms with Crippen LogP contribution in [0.5, 0.6) is 0 Å². The van der Waals surface area contributed by atoms with Gasteiger partial charge in [-0.05, 0) is 24.1 Å². The molecule has 2 heteroatoms. The molecule has 108 valence electrons. The molecule has 0 amide bonds. The maximum absolute atomic E-state index is 10.7. The molecule has 0 saturated heterocycles. The summed E-state index contributed by atoms with van der Waals surface area (Å²) in [5.74, 6) is 0. The quantitative estimate of drug-likeness (QED) is 0.522. The van der Waals surface area contributed by atoms with Crippen molar-refractivity contribution in [2.45, 2.75) is 13.5 Å². The minimum absolute atomic E-state index is 0.700. The zero-order valence-electron chi connectivity index (χ0n) is 12.6. The van der Waals surface area contributed by atoms with E-state index in [4.69, 9.17) is 0 Å². The van der Waals surface area contributed by atoms with Crippen LogP contribution in [0.4, 0.5) is 0 Å². The van der Waals surface area contributed by atoms with Gasteiger partial charge in [0.2, 0.25) is 5.52 Å². The summed E-state index contributed by atoms with van der Waals surface area (Å²) in [6, 6.07) is 18.2. The van der Waals surface area contributed by atoms with E-state index in [0.717, 1.165) is 18.4 Å². The van der Waals surface area contributed by atoms with E-state index >= 15 is 0 Å². The molecule has 2 nitrogen and oxygen atoms in total. The number of rotatable bonds is 4. The van der Waals surface area contributed by atoms with E-state index in [1.165, 1.54) is 16.5 Å². The number of aldehydes is 1. The summed E-state index contributed by atoms with van der Waals surface area (Å²) in [6.07, 6.45) is 7.18. The molecule has 0 N–H and O–H groups in total. The van der Waals surface area contributed by atoms with Gasteiger partial charge < -0.3 is 0 Å². The molecule has 0 atom stereocenters. The highest BCUT2D eigenvalue weighted by Gasteiger charge is 2.08. The zero-order valence-corrected chi connectivity index (χ0v) is 12.6. The Labute approximate surface area is 130 Å². The number of fused-ring (bicyclic) bond motifs is 1. The molecule has 2 aromatic carbocycles. The Kier molecular flexibility index (Phi) is 4.10. The molecule has 0 saturated carbocycles. The smallest absolute Gasteiger partial charge is 0.213 e. The van der Waals surface area contributed by atoms with Crippen LogP contribution in [0.25, 0.3) is 23.1 Å². The number of aromatic nitrogens is 1. The lowest BCUT2D eigenvalue weighted by atomic mass is 10.1. The molecule has 0 aliphatic rings. The second-order valence-corrected chi connectivity index (χ2v) is 5.19. The first-order valence-corrected chi connectivity index (χ1v) is 7.46. The largest absolute Gasteiger partial charge is 0.298 e. The molecule has 0 unspecified atom stereocenters. The van der Waals surface area contributed by atoms with Gasteiger partial charge in [-0.1, -0.05) is 48.6 Å². The summed E-state index contributed by atoms with van der Waals surface area (Å²) in [6.45, 7) is 3.11. The maximum Gasteiger partial charge on any atom is 0.213 e. The Balaban J connectivity index is 1.99. The average Bonchev–Trinajstić information content (AvgIpc) is 2.60. The Hall–Kier alpha value is -2.74. The molecule has 3 rings (SSSR count). The van der Waals surface area contributed by atoms with Crippen LogP contribution in [-0.2, 0) is 6.54 Å². The van der Waals surface area contributed by atoms with Crippen molar-refractivity contribution in [2.75, 3.05) is 0 Å². The second-order valence-electron chi connectivity index (χ2n) is 5.19. The van der Waals surface area contributed by atoms with E-state index in [-0.39, 0.29) is 0 Å². The van der Waals surface area contributed by atoms with Crippen LogP contribution in [0.2, 0.25) is 0 Å². The van der Waals surface area contributed by atoms with Crippen LogP contribution in [-0.4, -0.2) is 6.29 Å². The summed E-state index contributed by atoms with van der Waals surface area (Å²) < 4.78 is 2.24. The first-order valence-electron chi connectivity index (χ1n) is 7.46. The second kappa shape index (κ2) is 6.35. The van der Waals surface area contributed by atoms with Crippen LogP contribution in [0.3, 0.4) is 0 Å². The lowest BCUT2D eigenvalue weighted by Gasteiger charge is -2.02. The first kappa shape index (κ1) is 14.2. The lowest BCUT2D eigenvalue weighted by molar-refractivity contribution is -0.667. The molecule has 3 aromatic rings. The third-order valence-corrected chi connectivity index (χ3v) is 3.83. The topological polar surface area (TPSA) is 20.9 Å². The zero-order chi connectivity index (χ0) is 15.4. The van der Waals surface area contributed by atoms with Crippen molar-refractivity contribution in [3.05, 3.63) is 77.5 Å². The molecule has 0 aliphatic carbocycles. The van der Waals surface area contributed by atoms with Gasteiger partial charge in [0, 0.05) is 17.7 Å². The van der Waals surface area contributed by atoms with E-state index in [0.29, 0.717) is 5.56 Å².